The van der Waals surface area contributed by atoms with Crippen molar-refractivity contribution in [1.82, 2.24) is 14.8 Å². The summed E-state index contributed by atoms with van der Waals surface area (Å²) in [6.45, 7) is 1.30. The summed E-state index contributed by atoms with van der Waals surface area (Å²) in [5.74, 6) is 0.603. The van der Waals surface area contributed by atoms with Gasteiger partial charge in [-0.05, 0) is 37.1 Å². The van der Waals surface area contributed by atoms with E-state index in [0.717, 1.165) is 36.9 Å². The molecule has 19 heavy (non-hydrogen) atoms. The summed E-state index contributed by atoms with van der Waals surface area (Å²) in [5.41, 5.74) is 5.81. The third kappa shape index (κ3) is 2.12. The molecule has 100 valence electrons. The largest absolute Gasteiger partial charge is 0.330 e. The molecule has 0 radical (unpaired) electrons. The van der Waals surface area contributed by atoms with Gasteiger partial charge < -0.3 is 10.3 Å². The van der Waals surface area contributed by atoms with Crippen molar-refractivity contribution in [2.24, 2.45) is 11.7 Å². The zero-order valence-corrected chi connectivity index (χ0v) is 10.3. The van der Waals surface area contributed by atoms with Crippen LogP contribution in [0.25, 0.3) is 11.4 Å². The molecule has 0 amide bonds. The highest BCUT2D eigenvalue weighted by Gasteiger charge is 2.24. The summed E-state index contributed by atoms with van der Waals surface area (Å²) in [6, 6.07) is 3.36. The summed E-state index contributed by atoms with van der Waals surface area (Å²) in [5, 5.41) is 8.07. The molecule has 2 N–H and O–H groups in total. The predicted molar refractivity (Wildman–Crippen MR) is 66.2 cm³/mol. The van der Waals surface area contributed by atoms with Crippen molar-refractivity contribution < 1.29 is 8.78 Å². The maximum atomic E-state index is 13.8. The molecular formula is C13H14F2N4. The van der Waals surface area contributed by atoms with Gasteiger partial charge in [-0.1, -0.05) is 0 Å². The molecule has 0 aliphatic carbocycles. The van der Waals surface area contributed by atoms with E-state index in [1.165, 1.54) is 0 Å². The molecule has 0 fully saturated rings. The minimum Gasteiger partial charge on any atom is -0.330 e. The second kappa shape index (κ2) is 4.70. The average molecular weight is 264 g/mol. The van der Waals surface area contributed by atoms with Crippen molar-refractivity contribution in [3.63, 3.8) is 0 Å². The van der Waals surface area contributed by atoms with Crippen molar-refractivity contribution in [2.75, 3.05) is 6.54 Å². The van der Waals surface area contributed by atoms with E-state index >= 15 is 0 Å². The maximum Gasteiger partial charge on any atom is 0.167 e. The van der Waals surface area contributed by atoms with Crippen LogP contribution in [0.15, 0.2) is 18.2 Å². The molecule has 1 atom stereocenters. The monoisotopic (exact) mass is 264 g/mol. The zero-order valence-electron chi connectivity index (χ0n) is 10.3. The van der Waals surface area contributed by atoms with Gasteiger partial charge in [0.15, 0.2) is 5.82 Å². The Morgan fingerprint density at radius 3 is 2.95 bits per heavy atom. The molecule has 0 bridgehead atoms. The van der Waals surface area contributed by atoms with E-state index in [4.69, 9.17) is 5.73 Å². The minimum absolute atomic E-state index is 0.157. The van der Waals surface area contributed by atoms with Crippen molar-refractivity contribution in [3.8, 4) is 11.4 Å². The zero-order chi connectivity index (χ0) is 13.4. The lowest BCUT2D eigenvalue weighted by molar-refractivity contribution is 0.391. The number of nitrogens with zero attached hydrogens (tertiary/aromatic N) is 3. The van der Waals surface area contributed by atoms with Crippen LogP contribution < -0.4 is 5.73 Å². The second-order valence-electron chi connectivity index (χ2n) is 4.81. The average Bonchev–Trinajstić information content (AvgIpc) is 2.84. The first-order valence-corrected chi connectivity index (χ1v) is 6.26. The van der Waals surface area contributed by atoms with E-state index in [1.54, 1.807) is 0 Å². The molecule has 1 aliphatic rings. The van der Waals surface area contributed by atoms with Crippen LogP contribution in [-0.4, -0.2) is 21.3 Å². The van der Waals surface area contributed by atoms with Gasteiger partial charge in [-0.2, -0.15) is 0 Å². The van der Waals surface area contributed by atoms with E-state index in [1.807, 2.05) is 4.57 Å². The van der Waals surface area contributed by atoms with Crippen LogP contribution in [0.2, 0.25) is 0 Å². The van der Waals surface area contributed by atoms with E-state index < -0.39 is 11.6 Å². The standard InChI is InChI=1S/C13H14F2N4/c14-9-1-2-11(15)10(6-9)13-18-17-12-5-8(7-16)3-4-19(12)13/h1-2,6,8H,3-5,7,16H2. The summed E-state index contributed by atoms with van der Waals surface area (Å²) >= 11 is 0. The lowest BCUT2D eigenvalue weighted by Crippen LogP contribution is -2.25. The van der Waals surface area contributed by atoms with Gasteiger partial charge in [0, 0.05) is 13.0 Å². The molecule has 1 unspecified atom stereocenters. The molecule has 1 aromatic heterocycles. The van der Waals surface area contributed by atoms with Gasteiger partial charge in [-0.25, -0.2) is 8.78 Å². The lowest BCUT2D eigenvalue weighted by Gasteiger charge is -2.22. The highest BCUT2D eigenvalue weighted by Crippen LogP contribution is 2.27. The Morgan fingerprint density at radius 2 is 2.16 bits per heavy atom. The number of halogens is 2. The Labute approximate surface area is 109 Å². The molecule has 0 saturated heterocycles. The van der Waals surface area contributed by atoms with E-state index in [9.17, 15) is 8.78 Å². The Morgan fingerprint density at radius 1 is 1.32 bits per heavy atom. The lowest BCUT2D eigenvalue weighted by atomic mass is 9.98. The summed E-state index contributed by atoms with van der Waals surface area (Å²) in [4.78, 5) is 0. The third-order valence-corrected chi connectivity index (χ3v) is 3.56. The second-order valence-corrected chi connectivity index (χ2v) is 4.81. The SMILES string of the molecule is NCC1CCn2c(nnc2-c2cc(F)ccc2F)C1. The first-order valence-electron chi connectivity index (χ1n) is 6.26. The molecular weight excluding hydrogens is 250 g/mol. The first-order chi connectivity index (χ1) is 9.19. The minimum atomic E-state index is -0.488. The number of rotatable bonds is 2. The van der Waals surface area contributed by atoms with Crippen LogP contribution in [-0.2, 0) is 13.0 Å². The van der Waals surface area contributed by atoms with Crippen molar-refractivity contribution in [2.45, 2.75) is 19.4 Å². The number of aromatic nitrogens is 3. The van der Waals surface area contributed by atoms with Gasteiger partial charge in [0.1, 0.15) is 17.5 Å². The van der Waals surface area contributed by atoms with Gasteiger partial charge in [0.05, 0.1) is 5.56 Å². The van der Waals surface area contributed by atoms with Crippen LogP contribution in [0.4, 0.5) is 8.78 Å². The number of benzene rings is 1. The molecule has 2 aromatic rings. The molecule has 0 spiro atoms. The molecule has 4 nitrogen and oxygen atoms in total. The molecule has 6 heteroatoms. The van der Waals surface area contributed by atoms with E-state index in [0.29, 0.717) is 24.8 Å². The molecule has 1 aliphatic heterocycles. The van der Waals surface area contributed by atoms with Gasteiger partial charge in [-0.15, -0.1) is 10.2 Å². The number of hydrogen-bond acceptors (Lipinski definition) is 3. The summed E-state index contributed by atoms with van der Waals surface area (Å²) in [7, 11) is 0. The Bertz CT molecular complexity index is 609. The number of nitrogens with two attached hydrogens (primary N) is 1. The smallest absolute Gasteiger partial charge is 0.167 e. The van der Waals surface area contributed by atoms with Crippen LogP contribution in [0.3, 0.4) is 0 Å². The first kappa shape index (κ1) is 12.2. The fourth-order valence-corrected chi connectivity index (χ4v) is 2.46. The molecule has 0 saturated carbocycles. The van der Waals surface area contributed by atoms with Crippen LogP contribution in [0.5, 0.6) is 0 Å². The Kier molecular flexibility index (Phi) is 3.02. The topological polar surface area (TPSA) is 56.7 Å². The van der Waals surface area contributed by atoms with Gasteiger partial charge in [0.2, 0.25) is 0 Å². The van der Waals surface area contributed by atoms with Crippen molar-refractivity contribution in [1.29, 1.82) is 0 Å². The van der Waals surface area contributed by atoms with Crippen LogP contribution >= 0.6 is 0 Å². The number of hydrogen-bond donors (Lipinski definition) is 1. The predicted octanol–water partition coefficient (Wildman–Crippen LogP) is 1.74. The third-order valence-electron chi connectivity index (χ3n) is 3.56. The Balaban J connectivity index is 2.03. The van der Waals surface area contributed by atoms with Gasteiger partial charge in [-0.3, -0.25) is 0 Å². The molecule has 2 heterocycles. The highest BCUT2D eigenvalue weighted by molar-refractivity contribution is 5.56. The summed E-state index contributed by atoms with van der Waals surface area (Å²) in [6.07, 6.45) is 1.64. The summed E-state index contributed by atoms with van der Waals surface area (Å²) < 4.78 is 28.9. The van der Waals surface area contributed by atoms with Crippen molar-refractivity contribution >= 4 is 0 Å². The van der Waals surface area contributed by atoms with Gasteiger partial charge >= 0.3 is 0 Å². The van der Waals surface area contributed by atoms with Crippen LogP contribution in [0.1, 0.15) is 12.2 Å². The van der Waals surface area contributed by atoms with E-state index in [-0.39, 0.29) is 5.56 Å². The number of fused-ring (bicyclic) bond motifs is 1. The fraction of sp³-hybridized carbons (Fsp3) is 0.385. The fourth-order valence-electron chi connectivity index (χ4n) is 2.46. The molecule has 3 rings (SSSR count). The highest BCUT2D eigenvalue weighted by atomic mass is 19.1. The Hall–Kier alpha value is -1.82. The van der Waals surface area contributed by atoms with E-state index in [2.05, 4.69) is 10.2 Å². The quantitative estimate of drug-likeness (QED) is 0.899. The maximum absolute atomic E-state index is 13.8. The van der Waals surface area contributed by atoms with Crippen LogP contribution in [0, 0.1) is 17.6 Å². The van der Waals surface area contributed by atoms with Gasteiger partial charge in [0.25, 0.3) is 0 Å². The molecule has 1 aromatic carbocycles. The normalized spacial score (nSPS) is 18.4. The van der Waals surface area contributed by atoms with Crippen molar-refractivity contribution in [3.05, 3.63) is 35.7 Å².